The molecule has 2 aliphatic rings. The van der Waals surface area contributed by atoms with E-state index in [1.54, 1.807) is 5.01 Å². The maximum absolute atomic E-state index is 11.4. The second kappa shape index (κ2) is 2.88. The first-order chi connectivity index (χ1) is 6.24. The molecule has 0 aromatic rings. The highest BCUT2D eigenvalue weighted by Gasteiger charge is 2.38. The quantitative estimate of drug-likeness (QED) is 0.594. The molecule has 0 aromatic carbocycles. The fourth-order valence-electron chi connectivity index (χ4n) is 1.76. The Balaban J connectivity index is 2.25. The van der Waals surface area contributed by atoms with Crippen LogP contribution in [-0.2, 0) is 4.79 Å². The molecule has 0 spiro atoms. The third-order valence-electron chi connectivity index (χ3n) is 2.83. The monoisotopic (exact) mass is 176 g/mol. The van der Waals surface area contributed by atoms with Gasteiger partial charge in [0.15, 0.2) is 11.5 Å². The van der Waals surface area contributed by atoms with E-state index in [1.165, 1.54) is 0 Å². The van der Waals surface area contributed by atoms with Gasteiger partial charge in [-0.05, 0) is 11.6 Å². The van der Waals surface area contributed by atoms with Crippen LogP contribution in [0.3, 0.4) is 0 Å². The lowest BCUT2D eigenvalue weighted by Crippen LogP contribution is -2.28. The van der Waals surface area contributed by atoms with E-state index < -0.39 is 0 Å². The fraction of sp³-hybridized carbons (Fsp3) is 0.600. The molecule has 2 rings (SSSR count). The Kier molecular flexibility index (Phi) is 1.84. The number of nitrogens with zero attached hydrogens (tertiary/aromatic N) is 2. The van der Waals surface area contributed by atoms with E-state index in [2.05, 4.69) is 30.5 Å². The lowest BCUT2D eigenvalue weighted by atomic mass is 9.97. The van der Waals surface area contributed by atoms with E-state index in [9.17, 15) is 4.79 Å². The summed E-state index contributed by atoms with van der Waals surface area (Å²) in [5, 5.41) is 5.79. The van der Waals surface area contributed by atoms with Crippen LogP contribution in [0.1, 0.15) is 26.7 Å². The van der Waals surface area contributed by atoms with Crippen LogP contribution in [0.5, 0.6) is 0 Å². The van der Waals surface area contributed by atoms with Gasteiger partial charge in [-0.1, -0.05) is 20.3 Å². The average Bonchev–Trinajstić information content (AvgIpc) is 2.68. The first-order valence-corrected chi connectivity index (χ1v) is 4.65. The third-order valence-corrected chi connectivity index (χ3v) is 2.83. The van der Waals surface area contributed by atoms with Gasteiger partial charge in [-0.25, -0.2) is 5.01 Å². The molecule has 0 radical (unpaired) electrons. The van der Waals surface area contributed by atoms with E-state index >= 15 is 0 Å². The normalized spacial score (nSPS) is 26.6. The average molecular weight is 176 g/mol. The molecule has 13 heavy (non-hydrogen) atoms. The topological polar surface area (TPSA) is 32.7 Å². The lowest BCUT2D eigenvalue weighted by molar-refractivity contribution is -0.114. The van der Waals surface area contributed by atoms with Crippen LogP contribution < -0.4 is 0 Å². The highest BCUT2D eigenvalue weighted by Crippen LogP contribution is 2.31. The molecule has 68 valence electrons. The van der Waals surface area contributed by atoms with E-state index in [4.69, 9.17) is 0 Å². The zero-order chi connectivity index (χ0) is 9.42. The first-order valence-electron chi connectivity index (χ1n) is 4.65. The molecule has 2 atom stereocenters. The van der Waals surface area contributed by atoms with Gasteiger partial charge in [0.25, 0.3) is 0 Å². The van der Waals surface area contributed by atoms with E-state index in [0.717, 1.165) is 6.42 Å². The van der Waals surface area contributed by atoms with Crippen LogP contribution >= 0.6 is 0 Å². The van der Waals surface area contributed by atoms with E-state index in [-0.39, 0.29) is 11.8 Å². The van der Waals surface area contributed by atoms with Gasteiger partial charge in [0.1, 0.15) is 0 Å². The minimum Gasteiger partial charge on any atom is -0.292 e. The summed E-state index contributed by atoms with van der Waals surface area (Å²) in [6.45, 7) is 4.28. The Morgan fingerprint density at radius 1 is 1.77 bits per heavy atom. The molecule has 2 unspecified atom stereocenters. The molecule has 0 aromatic heterocycles. The highest BCUT2D eigenvalue weighted by atomic mass is 16.1. The molecule has 2 heterocycles. The van der Waals surface area contributed by atoms with E-state index in [1.807, 2.05) is 0 Å². The predicted molar refractivity (Wildman–Crippen MR) is 49.2 cm³/mol. The van der Waals surface area contributed by atoms with Crippen molar-refractivity contribution in [3.8, 4) is 0 Å². The molecule has 1 saturated heterocycles. The minimum atomic E-state index is 0.152. The predicted octanol–water partition coefficient (Wildman–Crippen LogP) is 1.31. The Morgan fingerprint density at radius 3 is 3.23 bits per heavy atom. The van der Waals surface area contributed by atoms with Gasteiger partial charge in [-0.2, -0.15) is 0 Å². The molecule has 0 N–H and O–H groups in total. The summed E-state index contributed by atoms with van der Waals surface area (Å²) in [4.78, 5) is 11.4. The zero-order valence-corrected chi connectivity index (χ0v) is 7.87. The zero-order valence-electron chi connectivity index (χ0n) is 7.87. The number of fused-ring (bicyclic) bond motifs is 1. The van der Waals surface area contributed by atoms with Crippen molar-refractivity contribution < 1.29 is 4.79 Å². The van der Waals surface area contributed by atoms with Crippen LogP contribution in [0, 0.1) is 5.92 Å². The minimum absolute atomic E-state index is 0.152. The van der Waals surface area contributed by atoms with Crippen LogP contribution in [0.4, 0.5) is 0 Å². The number of hydrogen-bond donors (Lipinski definition) is 0. The molecule has 0 amide bonds. The van der Waals surface area contributed by atoms with Gasteiger partial charge in [0, 0.05) is 6.42 Å². The van der Waals surface area contributed by atoms with Crippen LogP contribution in [0.2, 0.25) is 0 Å². The van der Waals surface area contributed by atoms with Crippen molar-refractivity contribution in [3.05, 3.63) is 11.4 Å². The van der Waals surface area contributed by atoms with Crippen molar-refractivity contribution in [2.45, 2.75) is 32.7 Å². The van der Waals surface area contributed by atoms with Gasteiger partial charge < -0.3 is 0 Å². The molecular weight excluding hydrogens is 164 g/mol. The number of allylic oxidation sites excluding steroid dienone is 1. The second-order valence-corrected chi connectivity index (χ2v) is 3.61. The molecule has 2 aliphatic heterocycles. The summed E-state index contributed by atoms with van der Waals surface area (Å²) in [6.07, 6.45) is 1.65. The summed E-state index contributed by atoms with van der Waals surface area (Å²) in [5.74, 6) is 3.25. The van der Waals surface area contributed by atoms with Crippen LogP contribution in [-0.4, -0.2) is 22.7 Å². The Labute approximate surface area is 77.4 Å². The van der Waals surface area contributed by atoms with Gasteiger partial charge in [0.2, 0.25) is 0 Å². The largest absolute Gasteiger partial charge is 0.292 e. The second-order valence-electron chi connectivity index (χ2n) is 3.61. The summed E-state index contributed by atoms with van der Waals surface area (Å²) in [5.41, 5.74) is 3.36. The molecule has 3 nitrogen and oxygen atoms in total. The highest BCUT2D eigenvalue weighted by molar-refractivity contribution is 5.99. The number of hydrogen-bond acceptors (Lipinski definition) is 3. The summed E-state index contributed by atoms with van der Waals surface area (Å²) in [6, 6.07) is 0.231. The fourth-order valence-corrected chi connectivity index (χ4v) is 1.76. The first kappa shape index (κ1) is 8.31. The molecule has 0 bridgehead atoms. The maximum Gasteiger partial charge on any atom is 0.191 e. The van der Waals surface area contributed by atoms with Crippen molar-refractivity contribution >= 4 is 11.7 Å². The number of Topliss-reactive ketones (excluding diaryl/α,β-unsaturated/α-hetero) is 1. The number of ketones is 1. The Hall–Kier alpha value is -1.30. The number of carbonyl (C=O) groups is 1. The van der Waals surface area contributed by atoms with Gasteiger partial charge >= 0.3 is 0 Å². The molecular formula is C10H12N2O. The number of rotatable bonds is 2. The smallest absolute Gasteiger partial charge is 0.191 e. The number of carbonyl (C=O) groups excluding carboxylic acids is 1. The van der Waals surface area contributed by atoms with Crippen molar-refractivity contribution in [1.29, 1.82) is 0 Å². The summed E-state index contributed by atoms with van der Waals surface area (Å²) < 4.78 is 0. The van der Waals surface area contributed by atoms with Gasteiger partial charge in [-0.3, -0.25) is 4.79 Å². The van der Waals surface area contributed by atoms with Crippen LogP contribution in [0.15, 0.2) is 16.5 Å². The number of hydrazone groups is 1. The SMILES string of the molecule is CCC(C)C1CC(=O)C2=C=C=NN21. The summed E-state index contributed by atoms with van der Waals surface area (Å²) >= 11 is 0. The Bertz CT molecular complexity index is 346. The Morgan fingerprint density at radius 2 is 2.54 bits per heavy atom. The summed E-state index contributed by atoms with van der Waals surface area (Å²) in [7, 11) is 0. The molecule has 0 saturated carbocycles. The lowest BCUT2D eigenvalue weighted by Gasteiger charge is -2.22. The van der Waals surface area contributed by atoms with Gasteiger partial charge in [-0.15, -0.1) is 5.10 Å². The molecule has 3 heteroatoms. The van der Waals surface area contributed by atoms with Gasteiger partial charge in [0.05, 0.1) is 11.9 Å². The van der Waals surface area contributed by atoms with Crippen molar-refractivity contribution in [2.24, 2.45) is 11.0 Å². The molecule has 1 fully saturated rings. The standard InChI is InChI=1S/C10H12N2O/c1-3-7(2)9-6-10(13)8-4-5-11-12(8)9/h7,9H,3,6H2,1-2H3. The third kappa shape index (κ3) is 1.14. The molecule has 0 aliphatic carbocycles. The van der Waals surface area contributed by atoms with Crippen molar-refractivity contribution in [1.82, 2.24) is 5.01 Å². The van der Waals surface area contributed by atoms with Crippen LogP contribution in [0.25, 0.3) is 0 Å². The van der Waals surface area contributed by atoms with Crippen molar-refractivity contribution in [3.63, 3.8) is 0 Å². The van der Waals surface area contributed by atoms with E-state index in [0.29, 0.717) is 18.0 Å². The van der Waals surface area contributed by atoms with Crippen molar-refractivity contribution in [2.75, 3.05) is 0 Å². The maximum atomic E-state index is 11.4.